The van der Waals surface area contributed by atoms with Gasteiger partial charge in [-0.1, -0.05) is 13.8 Å². The molecule has 0 saturated heterocycles. The van der Waals surface area contributed by atoms with E-state index in [2.05, 4.69) is 12.2 Å². The zero-order valence-corrected chi connectivity index (χ0v) is 10.0. The number of hydrogen-bond donors (Lipinski definition) is 3. The van der Waals surface area contributed by atoms with Crippen LogP contribution in [0, 0.1) is 5.92 Å². The van der Waals surface area contributed by atoms with Gasteiger partial charge < -0.3 is 15.5 Å². The summed E-state index contributed by atoms with van der Waals surface area (Å²) < 4.78 is 0. The van der Waals surface area contributed by atoms with Crippen LogP contribution in [0.4, 0.5) is 0 Å². The zero-order chi connectivity index (χ0) is 10.8. The Bertz CT molecular complexity index is 119. The number of nitrogens with one attached hydrogen (secondary N) is 1. The van der Waals surface area contributed by atoms with Crippen molar-refractivity contribution in [3.8, 4) is 0 Å². The van der Waals surface area contributed by atoms with Gasteiger partial charge in [0.05, 0.1) is 0 Å². The van der Waals surface area contributed by atoms with E-state index in [0.717, 1.165) is 24.5 Å². The summed E-state index contributed by atoms with van der Waals surface area (Å²) in [5.74, 6) is 2.37. The molecule has 0 aliphatic carbocycles. The van der Waals surface area contributed by atoms with Gasteiger partial charge in [-0.25, -0.2) is 0 Å². The fourth-order valence-electron chi connectivity index (χ4n) is 1.15. The van der Waals surface area contributed by atoms with Crippen molar-refractivity contribution < 1.29 is 10.2 Å². The van der Waals surface area contributed by atoms with Gasteiger partial charge in [-0.2, -0.15) is 11.8 Å². The highest BCUT2D eigenvalue weighted by Crippen LogP contribution is 2.10. The lowest BCUT2D eigenvalue weighted by atomic mass is 10.2. The molecule has 0 spiro atoms. The van der Waals surface area contributed by atoms with E-state index in [4.69, 9.17) is 10.2 Å². The van der Waals surface area contributed by atoms with Crippen LogP contribution in [0.25, 0.3) is 0 Å². The Morgan fingerprint density at radius 3 is 2.50 bits per heavy atom. The summed E-state index contributed by atoms with van der Waals surface area (Å²) in [6, 6.07) is 0.404. The van der Waals surface area contributed by atoms with Gasteiger partial charge in [0.1, 0.15) is 0 Å². The predicted octanol–water partition coefficient (Wildman–Crippen LogP) is 0.708. The van der Waals surface area contributed by atoms with Gasteiger partial charge in [-0.3, -0.25) is 0 Å². The monoisotopic (exact) mass is 221 g/mol. The van der Waals surface area contributed by atoms with Crippen molar-refractivity contribution in [2.24, 2.45) is 5.92 Å². The topological polar surface area (TPSA) is 52.5 Å². The highest BCUT2D eigenvalue weighted by Gasteiger charge is 2.07. The van der Waals surface area contributed by atoms with E-state index in [1.807, 2.05) is 18.7 Å². The Hall–Kier alpha value is 0.230. The van der Waals surface area contributed by atoms with Crippen molar-refractivity contribution in [2.45, 2.75) is 26.3 Å². The summed E-state index contributed by atoms with van der Waals surface area (Å²) in [6.07, 6.45) is 0.814. The SMILES string of the molecule is CCNC(CCO)CSCC(C)CO. The molecule has 0 aliphatic rings. The number of aliphatic hydroxyl groups excluding tert-OH is 2. The van der Waals surface area contributed by atoms with Crippen molar-refractivity contribution in [3.05, 3.63) is 0 Å². The molecule has 0 aliphatic heterocycles. The standard InChI is InChI=1S/C10H23NO2S/c1-3-11-10(4-5-12)8-14-7-9(2)6-13/h9-13H,3-8H2,1-2H3. The van der Waals surface area contributed by atoms with Crippen molar-refractivity contribution in [3.63, 3.8) is 0 Å². The molecule has 3 N–H and O–H groups in total. The molecule has 0 bridgehead atoms. The van der Waals surface area contributed by atoms with Gasteiger partial charge >= 0.3 is 0 Å². The Morgan fingerprint density at radius 2 is 2.00 bits per heavy atom. The summed E-state index contributed by atoms with van der Waals surface area (Å²) in [4.78, 5) is 0. The molecule has 14 heavy (non-hydrogen) atoms. The highest BCUT2D eigenvalue weighted by atomic mass is 32.2. The minimum Gasteiger partial charge on any atom is -0.396 e. The summed E-state index contributed by atoms with van der Waals surface area (Å²) in [5.41, 5.74) is 0. The lowest BCUT2D eigenvalue weighted by Gasteiger charge is -2.17. The lowest BCUT2D eigenvalue weighted by Crippen LogP contribution is -2.32. The average Bonchev–Trinajstić information content (AvgIpc) is 2.18. The molecule has 0 amide bonds. The third-order valence-electron chi connectivity index (χ3n) is 2.00. The Kier molecular flexibility index (Phi) is 9.93. The molecular formula is C10H23NO2S. The average molecular weight is 221 g/mol. The van der Waals surface area contributed by atoms with E-state index in [1.165, 1.54) is 0 Å². The summed E-state index contributed by atoms with van der Waals surface area (Å²) in [7, 11) is 0. The first-order valence-corrected chi connectivity index (χ1v) is 6.42. The molecule has 0 aromatic carbocycles. The molecule has 3 nitrogen and oxygen atoms in total. The van der Waals surface area contributed by atoms with E-state index >= 15 is 0 Å². The fraction of sp³-hybridized carbons (Fsp3) is 1.00. The number of thioether (sulfide) groups is 1. The lowest BCUT2D eigenvalue weighted by molar-refractivity contribution is 0.250. The van der Waals surface area contributed by atoms with Crippen molar-refractivity contribution in [1.82, 2.24) is 5.32 Å². The molecule has 0 rings (SSSR count). The van der Waals surface area contributed by atoms with Crippen LogP contribution in [0.2, 0.25) is 0 Å². The Labute approximate surface area is 91.3 Å². The smallest absolute Gasteiger partial charge is 0.0464 e. The van der Waals surface area contributed by atoms with E-state index in [-0.39, 0.29) is 13.2 Å². The third-order valence-corrected chi connectivity index (χ3v) is 3.45. The first-order valence-electron chi connectivity index (χ1n) is 5.27. The van der Waals surface area contributed by atoms with E-state index in [0.29, 0.717) is 12.0 Å². The van der Waals surface area contributed by atoms with Crippen LogP contribution in [-0.4, -0.2) is 47.5 Å². The molecule has 0 heterocycles. The van der Waals surface area contributed by atoms with Gasteiger partial charge in [-0.15, -0.1) is 0 Å². The quantitative estimate of drug-likeness (QED) is 0.537. The molecular weight excluding hydrogens is 198 g/mol. The van der Waals surface area contributed by atoms with Gasteiger partial charge in [0.15, 0.2) is 0 Å². The van der Waals surface area contributed by atoms with Crippen molar-refractivity contribution in [2.75, 3.05) is 31.3 Å². The molecule has 2 atom stereocenters. The van der Waals surface area contributed by atoms with Gasteiger partial charge in [0.25, 0.3) is 0 Å². The maximum atomic E-state index is 8.84. The van der Waals surface area contributed by atoms with Gasteiger partial charge in [-0.05, 0) is 24.6 Å². The Morgan fingerprint density at radius 1 is 1.29 bits per heavy atom. The van der Waals surface area contributed by atoms with Crippen LogP contribution in [0.15, 0.2) is 0 Å². The van der Waals surface area contributed by atoms with Crippen LogP contribution in [-0.2, 0) is 0 Å². The summed E-state index contributed by atoms with van der Waals surface area (Å²) in [5, 5.41) is 21.0. The van der Waals surface area contributed by atoms with Crippen molar-refractivity contribution >= 4 is 11.8 Å². The zero-order valence-electron chi connectivity index (χ0n) is 9.20. The van der Waals surface area contributed by atoms with Crippen LogP contribution in [0.1, 0.15) is 20.3 Å². The largest absolute Gasteiger partial charge is 0.396 e. The van der Waals surface area contributed by atoms with Crippen LogP contribution >= 0.6 is 11.8 Å². The van der Waals surface area contributed by atoms with Gasteiger partial charge in [0.2, 0.25) is 0 Å². The minimum absolute atomic E-state index is 0.244. The molecule has 2 unspecified atom stereocenters. The molecule has 0 radical (unpaired) electrons. The van der Waals surface area contributed by atoms with Crippen LogP contribution in [0.5, 0.6) is 0 Å². The second-order valence-corrected chi connectivity index (χ2v) is 4.67. The maximum absolute atomic E-state index is 8.84. The summed E-state index contributed by atoms with van der Waals surface area (Å²) in [6.45, 7) is 5.57. The minimum atomic E-state index is 0.244. The third kappa shape index (κ3) is 7.62. The normalized spacial score (nSPS) is 15.4. The van der Waals surface area contributed by atoms with Crippen LogP contribution in [0.3, 0.4) is 0 Å². The Balaban J connectivity index is 3.49. The second kappa shape index (κ2) is 9.77. The molecule has 0 fully saturated rings. The number of aliphatic hydroxyl groups is 2. The first kappa shape index (κ1) is 14.2. The predicted molar refractivity (Wildman–Crippen MR) is 62.7 cm³/mol. The van der Waals surface area contributed by atoms with Crippen LogP contribution < -0.4 is 5.32 Å². The summed E-state index contributed by atoms with van der Waals surface area (Å²) >= 11 is 1.84. The van der Waals surface area contributed by atoms with Crippen molar-refractivity contribution in [1.29, 1.82) is 0 Å². The maximum Gasteiger partial charge on any atom is 0.0464 e. The molecule has 0 aromatic rings. The van der Waals surface area contributed by atoms with E-state index in [1.54, 1.807) is 0 Å². The van der Waals surface area contributed by atoms with Gasteiger partial charge in [0, 0.05) is 25.0 Å². The first-order chi connectivity index (χ1) is 6.74. The molecule has 4 heteroatoms. The number of rotatable bonds is 9. The molecule has 0 aromatic heterocycles. The fourth-order valence-corrected chi connectivity index (χ4v) is 2.37. The number of hydrogen-bond acceptors (Lipinski definition) is 4. The second-order valence-electron chi connectivity index (χ2n) is 3.59. The molecule has 0 saturated carbocycles. The molecule has 86 valence electrons. The highest BCUT2D eigenvalue weighted by molar-refractivity contribution is 7.99. The van der Waals surface area contributed by atoms with E-state index < -0.39 is 0 Å². The van der Waals surface area contributed by atoms with E-state index in [9.17, 15) is 0 Å².